The molecule has 114 valence electrons. The summed E-state index contributed by atoms with van der Waals surface area (Å²) >= 11 is 0. The maximum Gasteiger partial charge on any atom is 0.310 e. The Hall–Kier alpha value is -2.15. The zero-order chi connectivity index (χ0) is 15.3. The van der Waals surface area contributed by atoms with Crippen molar-refractivity contribution in [2.45, 2.75) is 19.8 Å². The molecule has 2 heterocycles. The van der Waals surface area contributed by atoms with E-state index in [1.807, 2.05) is 11.0 Å². The number of aromatic nitrogens is 1. The summed E-state index contributed by atoms with van der Waals surface area (Å²) in [5, 5.41) is 9.25. The Bertz CT molecular complexity index is 508. The van der Waals surface area contributed by atoms with Crippen LogP contribution in [0.2, 0.25) is 0 Å². The van der Waals surface area contributed by atoms with Gasteiger partial charge in [-0.15, -0.1) is 0 Å². The molecule has 0 bridgehead atoms. The van der Waals surface area contributed by atoms with Crippen LogP contribution in [0, 0.1) is 5.41 Å². The molecule has 0 spiro atoms. The van der Waals surface area contributed by atoms with E-state index < -0.39 is 11.4 Å². The van der Waals surface area contributed by atoms with Gasteiger partial charge >= 0.3 is 5.97 Å². The third-order valence-electron chi connectivity index (χ3n) is 3.65. The smallest absolute Gasteiger partial charge is 0.310 e. The molecule has 1 aromatic heterocycles. The van der Waals surface area contributed by atoms with Gasteiger partial charge in [-0.1, -0.05) is 6.07 Å². The van der Waals surface area contributed by atoms with Gasteiger partial charge in [0, 0.05) is 12.7 Å². The van der Waals surface area contributed by atoms with Crippen LogP contribution < -0.4 is 10.9 Å². The van der Waals surface area contributed by atoms with Crippen LogP contribution in [-0.2, 0) is 9.59 Å². The molecule has 1 saturated heterocycles. The van der Waals surface area contributed by atoms with E-state index in [1.165, 1.54) is 0 Å². The summed E-state index contributed by atoms with van der Waals surface area (Å²) in [7, 11) is 0. The Kier molecular flexibility index (Phi) is 4.74. The Morgan fingerprint density at radius 1 is 1.48 bits per heavy atom. The molecule has 1 atom stereocenters. The number of piperidine rings is 1. The van der Waals surface area contributed by atoms with Crippen molar-refractivity contribution < 1.29 is 14.7 Å². The summed E-state index contributed by atoms with van der Waals surface area (Å²) in [6, 6.07) is 5.33. The van der Waals surface area contributed by atoms with Crippen LogP contribution in [0.15, 0.2) is 24.4 Å². The number of nitrogens with zero attached hydrogens (tertiary/aromatic N) is 2. The molecular formula is C14H20N4O3. The second kappa shape index (κ2) is 6.53. The summed E-state index contributed by atoms with van der Waals surface area (Å²) in [6.45, 7) is 3.02. The van der Waals surface area contributed by atoms with Crippen LogP contribution in [0.4, 0.5) is 5.82 Å². The number of amides is 1. The van der Waals surface area contributed by atoms with E-state index in [1.54, 1.807) is 25.3 Å². The first-order chi connectivity index (χ1) is 9.99. The number of carbonyl (C=O) groups is 2. The number of hydrogen-bond acceptors (Lipinski definition) is 5. The molecule has 1 unspecified atom stereocenters. The average molecular weight is 292 g/mol. The fraction of sp³-hybridized carbons (Fsp3) is 0.500. The van der Waals surface area contributed by atoms with Crippen LogP contribution in [0.3, 0.4) is 0 Å². The lowest BCUT2D eigenvalue weighted by molar-refractivity contribution is -0.151. The van der Waals surface area contributed by atoms with Gasteiger partial charge < -0.3 is 5.11 Å². The van der Waals surface area contributed by atoms with Crippen LogP contribution in [-0.4, -0.2) is 46.5 Å². The second-order valence-corrected chi connectivity index (χ2v) is 5.57. The highest BCUT2D eigenvalue weighted by Gasteiger charge is 2.38. The largest absolute Gasteiger partial charge is 0.481 e. The Balaban J connectivity index is 1.81. The van der Waals surface area contributed by atoms with Gasteiger partial charge in [0.25, 0.3) is 5.91 Å². The third-order valence-corrected chi connectivity index (χ3v) is 3.65. The number of anilines is 1. The van der Waals surface area contributed by atoms with Gasteiger partial charge in [0.1, 0.15) is 5.82 Å². The van der Waals surface area contributed by atoms with E-state index in [4.69, 9.17) is 0 Å². The predicted molar refractivity (Wildman–Crippen MR) is 77.4 cm³/mol. The molecule has 21 heavy (non-hydrogen) atoms. The number of hydrogen-bond donors (Lipinski definition) is 3. The van der Waals surface area contributed by atoms with Crippen molar-refractivity contribution in [3.63, 3.8) is 0 Å². The summed E-state index contributed by atoms with van der Waals surface area (Å²) in [6.07, 6.45) is 3.05. The van der Waals surface area contributed by atoms with Crippen molar-refractivity contribution in [2.75, 3.05) is 25.1 Å². The molecule has 1 aliphatic heterocycles. The lowest BCUT2D eigenvalue weighted by atomic mass is 9.82. The molecule has 7 nitrogen and oxygen atoms in total. The highest BCUT2D eigenvalue weighted by atomic mass is 16.4. The van der Waals surface area contributed by atoms with Gasteiger partial charge in [0.2, 0.25) is 0 Å². The number of hydrazine groups is 1. The molecule has 0 aromatic carbocycles. The van der Waals surface area contributed by atoms with Crippen molar-refractivity contribution in [3.05, 3.63) is 24.4 Å². The SMILES string of the molecule is CC1(C(=O)O)CCCN(CC(=O)NNc2ccccn2)C1. The summed E-state index contributed by atoms with van der Waals surface area (Å²) in [5.41, 5.74) is 4.52. The summed E-state index contributed by atoms with van der Waals surface area (Å²) < 4.78 is 0. The molecular weight excluding hydrogens is 272 g/mol. The molecule has 1 aromatic rings. The Labute approximate surface area is 123 Å². The van der Waals surface area contributed by atoms with Crippen LogP contribution in [0.25, 0.3) is 0 Å². The van der Waals surface area contributed by atoms with Crippen molar-refractivity contribution in [1.29, 1.82) is 0 Å². The van der Waals surface area contributed by atoms with Gasteiger partial charge in [-0.25, -0.2) is 4.98 Å². The number of carbonyl (C=O) groups excluding carboxylic acids is 1. The molecule has 1 fully saturated rings. The number of nitrogens with one attached hydrogen (secondary N) is 2. The fourth-order valence-electron chi connectivity index (χ4n) is 2.47. The average Bonchev–Trinajstić information content (AvgIpc) is 2.46. The van der Waals surface area contributed by atoms with E-state index in [9.17, 15) is 14.7 Å². The van der Waals surface area contributed by atoms with Crippen molar-refractivity contribution in [1.82, 2.24) is 15.3 Å². The van der Waals surface area contributed by atoms with Crippen molar-refractivity contribution in [3.8, 4) is 0 Å². The van der Waals surface area contributed by atoms with Gasteiger partial charge in [0.05, 0.1) is 12.0 Å². The molecule has 0 aliphatic carbocycles. The Morgan fingerprint density at radius 2 is 2.29 bits per heavy atom. The number of carboxylic acids is 1. The minimum atomic E-state index is -0.806. The summed E-state index contributed by atoms with van der Waals surface area (Å²) in [4.78, 5) is 29.0. The quantitative estimate of drug-likeness (QED) is 0.692. The first kappa shape index (κ1) is 15.2. The van der Waals surface area contributed by atoms with Gasteiger partial charge in [0.15, 0.2) is 0 Å². The van der Waals surface area contributed by atoms with E-state index >= 15 is 0 Å². The zero-order valence-electron chi connectivity index (χ0n) is 12.0. The van der Waals surface area contributed by atoms with E-state index in [2.05, 4.69) is 15.8 Å². The molecule has 3 N–H and O–H groups in total. The monoisotopic (exact) mass is 292 g/mol. The minimum absolute atomic E-state index is 0.169. The molecule has 7 heteroatoms. The van der Waals surface area contributed by atoms with E-state index in [-0.39, 0.29) is 12.5 Å². The maximum absolute atomic E-state index is 11.9. The lowest BCUT2D eigenvalue weighted by Crippen LogP contribution is -2.49. The number of rotatable bonds is 5. The first-order valence-corrected chi connectivity index (χ1v) is 6.91. The van der Waals surface area contributed by atoms with E-state index in [0.717, 1.165) is 13.0 Å². The van der Waals surface area contributed by atoms with Gasteiger partial charge in [-0.2, -0.15) is 0 Å². The van der Waals surface area contributed by atoms with Crippen molar-refractivity contribution >= 4 is 17.7 Å². The molecule has 1 amide bonds. The highest BCUT2D eigenvalue weighted by molar-refractivity contribution is 5.79. The second-order valence-electron chi connectivity index (χ2n) is 5.57. The number of pyridine rings is 1. The number of likely N-dealkylation sites (tertiary alicyclic amines) is 1. The van der Waals surface area contributed by atoms with Crippen LogP contribution >= 0.6 is 0 Å². The number of carboxylic acid groups (broad SMARTS) is 1. The Morgan fingerprint density at radius 3 is 2.95 bits per heavy atom. The van der Waals surface area contributed by atoms with Crippen molar-refractivity contribution in [2.24, 2.45) is 5.41 Å². The summed E-state index contributed by atoms with van der Waals surface area (Å²) in [5.74, 6) is -0.464. The molecule has 2 rings (SSSR count). The first-order valence-electron chi connectivity index (χ1n) is 6.91. The lowest BCUT2D eigenvalue weighted by Gasteiger charge is -2.37. The molecule has 1 aliphatic rings. The van der Waals surface area contributed by atoms with Gasteiger partial charge in [-0.3, -0.25) is 25.3 Å². The van der Waals surface area contributed by atoms with Gasteiger partial charge in [-0.05, 0) is 38.4 Å². The van der Waals surface area contributed by atoms with Crippen LogP contribution in [0.1, 0.15) is 19.8 Å². The zero-order valence-corrected chi connectivity index (χ0v) is 12.0. The topological polar surface area (TPSA) is 94.6 Å². The normalized spacial score (nSPS) is 22.5. The minimum Gasteiger partial charge on any atom is -0.481 e. The highest BCUT2D eigenvalue weighted by Crippen LogP contribution is 2.29. The standard InChI is InChI=1S/C14H20N4O3/c1-14(13(20)21)6-4-8-18(10-14)9-12(19)17-16-11-5-2-3-7-15-11/h2-3,5,7H,4,6,8-10H2,1H3,(H,15,16)(H,17,19)(H,20,21). The molecule has 0 saturated carbocycles. The number of aliphatic carboxylic acids is 1. The molecule has 0 radical (unpaired) electrons. The predicted octanol–water partition coefficient (Wildman–Crippen LogP) is 0.711. The third kappa shape index (κ3) is 4.16. The maximum atomic E-state index is 11.9. The fourth-order valence-corrected chi connectivity index (χ4v) is 2.47. The van der Waals surface area contributed by atoms with E-state index in [0.29, 0.717) is 18.8 Å². The van der Waals surface area contributed by atoms with Crippen LogP contribution in [0.5, 0.6) is 0 Å².